The van der Waals surface area contributed by atoms with Gasteiger partial charge >= 0.3 is 0 Å². The summed E-state index contributed by atoms with van der Waals surface area (Å²) in [5.74, 6) is -0.509. The van der Waals surface area contributed by atoms with Crippen LogP contribution < -0.4 is 9.62 Å². The number of amides is 1. The molecule has 0 aliphatic rings. The first-order chi connectivity index (χ1) is 15.1. The van der Waals surface area contributed by atoms with Gasteiger partial charge in [0.25, 0.3) is 15.7 Å². The topological polar surface area (TPSA) is 110 Å². The Labute approximate surface area is 194 Å². The lowest BCUT2D eigenvalue weighted by atomic mass is 10.1. The van der Waals surface area contributed by atoms with Gasteiger partial charge in [-0.25, -0.2) is 8.42 Å². The number of nitrogens with zero attached hydrogens (tertiary/aromatic N) is 2. The molecule has 0 unspecified atom stereocenters. The molecular formula is C21H20ClN3O5S2. The van der Waals surface area contributed by atoms with E-state index in [1.54, 1.807) is 25.1 Å². The monoisotopic (exact) mass is 493 g/mol. The normalized spacial score (nSPS) is 11.2. The third-order valence-electron chi connectivity index (χ3n) is 4.65. The highest BCUT2D eigenvalue weighted by Crippen LogP contribution is 2.32. The molecule has 0 aliphatic carbocycles. The molecule has 2 aromatic carbocycles. The number of aryl methyl sites for hydroxylation is 2. The molecule has 0 spiro atoms. The molecule has 0 saturated carbocycles. The number of sulfonamides is 1. The Hall–Kier alpha value is -2.95. The van der Waals surface area contributed by atoms with Crippen LogP contribution in [0.3, 0.4) is 0 Å². The quantitative estimate of drug-likeness (QED) is 0.368. The highest BCUT2D eigenvalue weighted by atomic mass is 35.5. The zero-order valence-corrected chi connectivity index (χ0v) is 19.6. The summed E-state index contributed by atoms with van der Waals surface area (Å²) in [4.78, 5) is 23.8. The number of nitrogens with one attached hydrogen (secondary N) is 1. The molecular weight excluding hydrogens is 474 g/mol. The first kappa shape index (κ1) is 23.7. The molecule has 0 aliphatic heterocycles. The molecule has 0 saturated heterocycles. The molecule has 3 aromatic rings. The molecule has 11 heteroatoms. The predicted molar refractivity (Wildman–Crippen MR) is 125 cm³/mol. The van der Waals surface area contributed by atoms with Gasteiger partial charge in [0, 0.05) is 10.9 Å². The van der Waals surface area contributed by atoms with Gasteiger partial charge in [0.05, 0.1) is 22.1 Å². The summed E-state index contributed by atoms with van der Waals surface area (Å²) in [5.41, 5.74) is 1.34. The van der Waals surface area contributed by atoms with Crippen LogP contribution in [-0.4, -0.2) is 25.8 Å². The Balaban J connectivity index is 2.00. The van der Waals surface area contributed by atoms with Crippen molar-refractivity contribution in [3.8, 4) is 0 Å². The van der Waals surface area contributed by atoms with Crippen LogP contribution in [0.15, 0.2) is 58.8 Å². The van der Waals surface area contributed by atoms with E-state index in [0.717, 1.165) is 26.9 Å². The van der Waals surface area contributed by atoms with Crippen LogP contribution in [0.1, 0.15) is 16.0 Å². The van der Waals surface area contributed by atoms with Crippen molar-refractivity contribution in [3.05, 3.63) is 85.1 Å². The molecule has 0 bridgehead atoms. The number of halogens is 1. The van der Waals surface area contributed by atoms with Crippen molar-refractivity contribution in [1.82, 2.24) is 5.32 Å². The average molecular weight is 494 g/mol. The second kappa shape index (κ2) is 9.68. The Bertz CT molecular complexity index is 1260. The number of carbonyl (C=O) groups excluding carboxylic acids is 1. The fraction of sp³-hybridized carbons (Fsp3) is 0.190. The Kier molecular flexibility index (Phi) is 7.17. The van der Waals surface area contributed by atoms with E-state index in [4.69, 9.17) is 11.6 Å². The number of hydrogen-bond acceptors (Lipinski definition) is 6. The maximum Gasteiger partial charge on any atom is 0.289 e. The number of rotatable bonds is 8. The molecule has 3 rings (SSSR count). The van der Waals surface area contributed by atoms with Gasteiger partial charge in [-0.05, 0) is 49.1 Å². The smallest absolute Gasteiger partial charge is 0.289 e. The third kappa shape index (κ3) is 5.26. The summed E-state index contributed by atoms with van der Waals surface area (Å²) in [6.07, 6.45) is 0. The second-order valence-electron chi connectivity index (χ2n) is 7.03. The zero-order chi connectivity index (χ0) is 23.5. The van der Waals surface area contributed by atoms with Crippen LogP contribution in [0.4, 0.5) is 11.4 Å². The molecule has 168 valence electrons. The van der Waals surface area contributed by atoms with Crippen molar-refractivity contribution >= 4 is 50.2 Å². The van der Waals surface area contributed by atoms with Gasteiger partial charge in [0.15, 0.2) is 0 Å². The summed E-state index contributed by atoms with van der Waals surface area (Å²) in [5, 5.41) is 15.7. The minimum absolute atomic E-state index is 0.180. The summed E-state index contributed by atoms with van der Waals surface area (Å²) in [6.45, 7) is 3.38. The number of benzene rings is 2. The van der Waals surface area contributed by atoms with Crippen LogP contribution in [0.25, 0.3) is 0 Å². The number of carbonyl (C=O) groups is 1. The van der Waals surface area contributed by atoms with Crippen LogP contribution >= 0.6 is 22.9 Å². The summed E-state index contributed by atoms with van der Waals surface area (Å²) in [7, 11) is -4.32. The van der Waals surface area contributed by atoms with E-state index in [0.29, 0.717) is 11.3 Å². The molecule has 1 heterocycles. The lowest BCUT2D eigenvalue weighted by Gasteiger charge is -2.26. The predicted octanol–water partition coefficient (Wildman–Crippen LogP) is 4.44. The first-order valence-corrected chi connectivity index (χ1v) is 12.1. The van der Waals surface area contributed by atoms with Crippen molar-refractivity contribution in [1.29, 1.82) is 0 Å². The molecule has 0 fully saturated rings. The fourth-order valence-electron chi connectivity index (χ4n) is 3.09. The summed E-state index contributed by atoms with van der Waals surface area (Å²) < 4.78 is 28.0. The molecule has 32 heavy (non-hydrogen) atoms. The maximum atomic E-state index is 13.5. The number of hydrogen-bond donors (Lipinski definition) is 1. The van der Waals surface area contributed by atoms with Crippen LogP contribution in [-0.2, 0) is 21.4 Å². The Morgan fingerprint density at radius 1 is 1.19 bits per heavy atom. The van der Waals surface area contributed by atoms with Gasteiger partial charge in [-0.1, -0.05) is 35.4 Å². The van der Waals surface area contributed by atoms with E-state index >= 15 is 0 Å². The average Bonchev–Trinajstić information content (AvgIpc) is 3.24. The van der Waals surface area contributed by atoms with Crippen LogP contribution in [0.2, 0.25) is 5.02 Å². The Morgan fingerprint density at radius 3 is 2.56 bits per heavy atom. The molecule has 0 atom stereocenters. The summed E-state index contributed by atoms with van der Waals surface area (Å²) in [6, 6.07) is 12.1. The highest BCUT2D eigenvalue weighted by molar-refractivity contribution is 7.92. The van der Waals surface area contributed by atoms with E-state index in [9.17, 15) is 23.3 Å². The lowest BCUT2D eigenvalue weighted by Crippen LogP contribution is -2.41. The van der Waals surface area contributed by atoms with E-state index in [1.165, 1.54) is 17.4 Å². The number of nitro benzene ring substituents is 1. The zero-order valence-electron chi connectivity index (χ0n) is 17.2. The molecule has 1 N–H and O–H groups in total. The van der Waals surface area contributed by atoms with Gasteiger partial charge < -0.3 is 5.32 Å². The van der Waals surface area contributed by atoms with Crippen LogP contribution in [0.5, 0.6) is 0 Å². The number of nitro groups is 1. The Morgan fingerprint density at radius 2 is 1.94 bits per heavy atom. The van der Waals surface area contributed by atoms with E-state index < -0.39 is 33.1 Å². The van der Waals surface area contributed by atoms with Crippen molar-refractivity contribution in [2.75, 3.05) is 10.8 Å². The van der Waals surface area contributed by atoms with E-state index in [2.05, 4.69) is 5.32 Å². The van der Waals surface area contributed by atoms with Crippen molar-refractivity contribution in [2.24, 2.45) is 0 Å². The largest absolute Gasteiger partial charge is 0.350 e. The van der Waals surface area contributed by atoms with Gasteiger partial charge in [-0.2, -0.15) is 0 Å². The fourth-order valence-corrected chi connectivity index (χ4v) is 5.43. The van der Waals surface area contributed by atoms with Gasteiger partial charge in [0.1, 0.15) is 11.6 Å². The van der Waals surface area contributed by atoms with Gasteiger partial charge in [0.2, 0.25) is 5.91 Å². The minimum Gasteiger partial charge on any atom is -0.350 e. The maximum absolute atomic E-state index is 13.5. The third-order valence-corrected chi connectivity index (χ3v) is 7.60. The van der Waals surface area contributed by atoms with Gasteiger partial charge in [-0.15, -0.1) is 11.3 Å². The van der Waals surface area contributed by atoms with Crippen molar-refractivity contribution < 1.29 is 18.1 Å². The molecule has 8 nitrogen and oxygen atoms in total. The minimum atomic E-state index is -4.32. The van der Waals surface area contributed by atoms with E-state index in [1.807, 2.05) is 24.4 Å². The molecule has 1 amide bonds. The SMILES string of the molecule is Cc1ccc(N(CC(=O)NCc2cccs2)S(=O)(=O)c2ccc(Cl)c([N+](=O)[O-])c2)c(C)c1. The lowest BCUT2D eigenvalue weighted by molar-refractivity contribution is -0.384. The number of anilines is 1. The van der Waals surface area contributed by atoms with E-state index in [-0.39, 0.29) is 16.5 Å². The molecule has 0 radical (unpaired) electrons. The summed E-state index contributed by atoms with van der Waals surface area (Å²) >= 11 is 7.31. The first-order valence-electron chi connectivity index (χ1n) is 9.42. The molecule has 1 aromatic heterocycles. The van der Waals surface area contributed by atoms with Gasteiger partial charge in [-0.3, -0.25) is 19.2 Å². The van der Waals surface area contributed by atoms with Crippen LogP contribution in [0, 0.1) is 24.0 Å². The number of thiophene rings is 1. The van der Waals surface area contributed by atoms with Crippen molar-refractivity contribution in [3.63, 3.8) is 0 Å². The standard InChI is InChI=1S/C21H20ClN3O5S2/c1-14-5-8-19(15(2)10-14)24(13-21(26)23-12-16-4-3-9-31-16)32(29,30)17-6-7-18(22)20(11-17)25(27)28/h3-11H,12-13H2,1-2H3,(H,23,26). The highest BCUT2D eigenvalue weighted by Gasteiger charge is 2.30. The van der Waals surface area contributed by atoms with Crippen molar-refractivity contribution in [2.45, 2.75) is 25.3 Å². The second-order valence-corrected chi connectivity index (χ2v) is 10.3.